The van der Waals surface area contributed by atoms with Gasteiger partial charge in [0.25, 0.3) is 11.7 Å². The maximum absolute atomic E-state index is 13.4. The lowest BCUT2D eigenvalue weighted by molar-refractivity contribution is -0.498. The van der Waals surface area contributed by atoms with Gasteiger partial charge in [-0.2, -0.15) is 30.7 Å². The molecule has 236 valence electrons. The molecule has 6 aromatic rings. The Bertz CT molecular complexity index is 2030. The van der Waals surface area contributed by atoms with Gasteiger partial charge in [0.15, 0.2) is 30.3 Å². The number of aromatic nitrogens is 4. The molecule has 0 aliphatic carbocycles. The Labute approximate surface area is 253 Å². The third-order valence-corrected chi connectivity index (χ3v) is 6.24. The van der Waals surface area contributed by atoms with Crippen LogP contribution in [0, 0.1) is 0 Å². The van der Waals surface area contributed by atoms with E-state index < -0.39 is 24.3 Å². The topological polar surface area (TPSA) is 158 Å². The van der Waals surface area contributed by atoms with Crippen LogP contribution >= 0.6 is 0 Å². The Morgan fingerprint density at radius 3 is 1.98 bits per heavy atom. The van der Waals surface area contributed by atoms with Gasteiger partial charge in [-0.3, -0.25) is 4.79 Å². The van der Waals surface area contributed by atoms with E-state index in [4.69, 9.17) is 19.8 Å². The van der Waals surface area contributed by atoms with Gasteiger partial charge in [0, 0.05) is 33.3 Å². The summed E-state index contributed by atoms with van der Waals surface area (Å²) in [6.45, 7) is 0. The maximum atomic E-state index is 13.4. The van der Waals surface area contributed by atoms with Crippen LogP contribution in [0.4, 0.5) is 32.0 Å². The highest BCUT2D eigenvalue weighted by Crippen LogP contribution is 2.26. The van der Waals surface area contributed by atoms with Crippen LogP contribution in [0.3, 0.4) is 0 Å². The van der Waals surface area contributed by atoms with Crippen LogP contribution in [0.2, 0.25) is 0 Å². The average molecular weight is 645 g/mol. The van der Waals surface area contributed by atoms with Crippen molar-refractivity contribution in [2.75, 3.05) is 5.32 Å². The largest absolute Gasteiger partial charge is 0.542 e. The summed E-state index contributed by atoms with van der Waals surface area (Å²) >= 11 is 0. The quantitative estimate of drug-likeness (QED) is 0.223. The molecule has 2 aromatic carbocycles. The van der Waals surface area contributed by atoms with E-state index in [1.807, 2.05) is 90.0 Å². The number of hydrogen-bond donors (Lipinski definition) is 2. The van der Waals surface area contributed by atoms with Crippen molar-refractivity contribution in [3.8, 4) is 11.4 Å². The zero-order valence-electron chi connectivity index (χ0n) is 23.0. The number of nitrogens with zero attached hydrogens (tertiary/aromatic N) is 1. The number of H-pyrrole nitrogens is 3. The number of aromatic amines is 3. The fraction of sp³-hybridized carbons (Fsp3) is 0.0667. The second kappa shape index (κ2) is 13.3. The highest BCUT2D eigenvalue weighted by atomic mass is 19.4. The Hall–Kier alpha value is -6.06. The summed E-state index contributed by atoms with van der Waals surface area (Å²) in [4.78, 5) is 40.7. The molecule has 0 aliphatic rings. The third-order valence-electron chi connectivity index (χ3n) is 6.24. The molecule has 0 aliphatic heterocycles. The minimum absolute atomic E-state index is 0.190. The number of carbonyl (C=O) groups excluding carboxylic acids is 3. The van der Waals surface area contributed by atoms with Crippen LogP contribution < -0.4 is 29.9 Å². The predicted molar refractivity (Wildman–Crippen MR) is 144 cm³/mol. The number of benzene rings is 2. The maximum Gasteiger partial charge on any atom is 0.430 e. The Balaban J connectivity index is 0.000000289. The number of carboxylic acid groups (broad SMARTS) is 2. The van der Waals surface area contributed by atoms with Gasteiger partial charge in [0.2, 0.25) is 5.69 Å². The number of carboxylic acids is 2. The van der Waals surface area contributed by atoms with Crippen molar-refractivity contribution in [3.63, 3.8) is 0 Å². The van der Waals surface area contributed by atoms with Crippen molar-refractivity contribution in [1.82, 2.24) is 4.98 Å². The molecule has 0 radical (unpaired) electrons. The smallest absolute Gasteiger partial charge is 0.430 e. The van der Waals surface area contributed by atoms with Gasteiger partial charge < -0.3 is 25.1 Å². The van der Waals surface area contributed by atoms with Gasteiger partial charge in [-0.15, -0.1) is 0 Å². The zero-order chi connectivity index (χ0) is 33.6. The number of rotatable bonds is 3. The first-order valence-electron chi connectivity index (χ1n) is 12.9. The van der Waals surface area contributed by atoms with E-state index in [9.17, 15) is 31.1 Å². The Kier molecular flexibility index (Phi) is 9.49. The van der Waals surface area contributed by atoms with E-state index in [0.717, 1.165) is 44.1 Å². The second-order valence-corrected chi connectivity index (χ2v) is 9.24. The van der Waals surface area contributed by atoms with E-state index in [1.54, 1.807) is 0 Å². The summed E-state index contributed by atoms with van der Waals surface area (Å²) in [6.07, 6.45) is -0.725. The lowest BCUT2D eigenvalue weighted by Gasteiger charge is -2.05. The molecular formula is C30H20F6N5O5+. The van der Waals surface area contributed by atoms with Gasteiger partial charge >= 0.3 is 12.4 Å². The molecule has 0 unspecified atom stereocenters. The number of amides is 1. The summed E-state index contributed by atoms with van der Waals surface area (Å²) in [7, 11) is 0. The minimum atomic E-state index is -5.19. The molecule has 0 spiro atoms. The number of anilines is 1. The number of nitrogens with one attached hydrogen (secondary N) is 4. The number of pyridine rings is 3. The van der Waals surface area contributed by atoms with Crippen molar-refractivity contribution < 1.29 is 65.3 Å². The van der Waals surface area contributed by atoms with Crippen molar-refractivity contribution in [1.29, 1.82) is 0 Å². The first-order chi connectivity index (χ1) is 21.7. The molecule has 4 N–H and O–H groups in total. The molecule has 0 saturated heterocycles. The standard InChI is InChI=1S/C26H17N5O.2C2HF3O2/c32-26(29-22-9-5-7-18-14-27-12-11-20(18)22)24-23-10-3-4-13-31(23)25(30-24)21-16-28-15-17-6-1-2-8-19(17)21;2*3-2(4,5)1(6)7/h1-16H,(H,29,32);2*(H,6,7)/p+1. The number of aliphatic carboxylic acids is 2. The first-order valence-corrected chi connectivity index (χ1v) is 12.9. The number of hydrogen-bond acceptors (Lipinski definition) is 5. The van der Waals surface area contributed by atoms with E-state index in [-0.39, 0.29) is 5.91 Å². The van der Waals surface area contributed by atoms with E-state index in [2.05, 4.69) is 32.4 Å². The van der Waals surface area contributed by atoms with Gasteiger partial charge in [-0.1, -0.05) is 30.3 Å². The lowest BCUT2D eigenvalue weighted by Crippen LogP contribution is -2.37. The van der Waals surface area contributed by atoms with Gasteiger partial charge in [-0.25, -0.2) is 15.0 Å². The number of alkyl halides is 6. The van der Waals surface area contributed by atoms with Gasteiger partial charge in [0.1, 0.15) is 17.5 Å². The van der Waals surface area contributed by atoms with Crippen LogP contribution in [0.15, 0.2) is 97.7 Å². The second-order valence-electron chi connectivity index (χ2n) is 9.24. The molecule has 0 fully saturated rings. The number of carbonyl (C=O) groups is 3. The molecule has 4 heterocycles. The molecule has 0 atom stereocenters. The number of fused-ring (bicyclic) bond motifs is 3. The third kappa shape index (κ3) is 7.53. The molecule has 16 heteroatoms. The molecule has 10 nitrogen and oxygen atoms in total. The van der Waals surface area contributed by atoms with Crippen LogP contribution in [0.25, 0.3) is 38.4 Å². The van der Waals surface area contributed by atoms with E-state index in [1.165, 1.54) is 0 Å². The van der Waals surface area contributed by atoms with E-state index >= 15 is 0 Å². The predicted octanol–water partition coefficient (Wildman–Crippen LogP) is 2.20. The molecule has 0 saturated carbocycles. The fourth-order valence-corrected chi connectivity index (χ4v) is 4.27. The zero-order valence-corrected chi connectivity index (χ0v) is 23.0. The van der Waals surface area contributed by atoms with Gasteiger partial charge in [0.05, 0.1) is 6.20 Å². The minimum Gasteiger partial charge on any atom is -0.542 e. The van der Waals surface area contributed by atoms with Crippen LogP contribution in [-0.2, 0) is 9.59 Å². The average Bonchev–Trinajstić information content (AvgIpc) is 3.40. The Morgan fingerprint density at radius 2 is 1.30 bits per heavy atom. The van der Waals surface area contributed by atoms with Crippen molar-refractivity contribution in [3.05, 3.63) is 103 Å². The van der Waals surface area contributed by atoms with E-state index in [0.29, 0.717) is 5.69 Å². The van der Waals surface area contributed by atoms with Crippen LogP contribution in [-0.4, -0.2) is 35.2 Å². The fourth-order valence-electron chi connectivity index (χ4n) is 4.27. The van der Waals surface area contributed by atoms with Crippen LogP contribution in [0.5, 0.6) is 0 Å². The molecule has 4 aromatic heterocycles. The summed E-state index contributed by atoms with van der Waals surface area (Å²) in [5.41, 5.74) is 3.07. The SMILES string of the molecule is O=C(Nc1cccc2c[nH+]ccc12)c1[nH]c(-c2c[nH+]cc3ccccc23)[n+]2ccccc12.O=C([O-])C(F)(F)F.O=C([O-])C(F)(F)F. The molecule has 0 bridgehead atoms. The van der Waals surface area contributed by atoms with Crippen molar-refractivity contribution in [2.45, 2.75) is 12.4 Å². The molecule has 6 rings (SSSR count). The summed E-state index contributed by atoms with van der Waals surface area (Å²) in [5, 5.41) is 24.9. The number of imidazole rings is 1. The summed E-state index contributed by atoms with van der Waals surface area (Å²) in [6, 6.07) is 21.9. The van der Waals surface area contributed by atoms with Gasteiger partial charge in [-0.05, 0) is 30.3 Å². The normalized spacial score (nSPS) is 11.3. The highest BCUT2D eigenvalue weighted by Gasteiger charge is 2.30. The van der Waals surface area contributed by atoms with Crippen molar-refractivity contribution in [2.24, 2.45) is 0 Å². The number of halogens is 6. The molecular weight excluding hydrogens is 624 g/mol. The summed E-state index contributed by atoms with van der Waals surface area (Å²) in [5.74, 6) is -5.36. The highest BCUT2D eigenvalue weighted by molar-refractivity contribution is 6.11. The first kappa shape index (κ1) is 32.8. The van der Waals surface area contributed by atoms with Crippen LogP contribution in [0.1, 0.15) is 10.5 Å². The lowest BCUT2D eigenvalue weighted by atomic mass is 10.1. The monoisotopic (exact) mass is 644 g/mol. The summed E-state index contributed by atoms with van der Waals surface area (Å²) < 4.78 is 65.1. The molecule has 1 amide bonds. The molecule has 46 heavy (non-hydrogen) atoms. The van der Waals surface area contributed by atoms with Crippen molar-refractivity contribution >= 4 is 50.6 Å². The Morgan fingerprint density at radius 1 is 0.717 bits per heavy atom.